The van der Waals surface area contributed by atoms with Gasteiger partial charge in [-0.1, -0.05) is 0 Å². The summed E-state index contributed by atoms with van der Waals surface area (Å²) >= 11 is 0. The highest BCUT2D eigenvalue weighted by molar-refractivity contribution is 5.78. The van der Waals surface area contributed by atoms with Gasteiger partial charge in [-0.25, -0.2) is 9.78 Å². The minimum absolute atomic E-state index is 0.0542. The summed E-state index contributed by atoms with van der Waals surface area (Å²) in [7, 11) is 0. The summed E-state index contributed by atoms with van der Waals surface area (Å²) in [4.78, 5) is 37.9. The second-order valence-corrected chi connectivity index (χ2v) is 6.04. The van der Waals surface area contributed by atoms with Crippen LogP contribution in [0, 0.1) is 10.1 Å². The van der Waals surface area contributed by atoms with Gasteiger partial charge in [0.25, 0.3) is 5.69 Å². The van der Waals surface area contributed by atoms with Gasteiger partial charge in [-0.05, 0) is 42.0 Å². The second kappa shape index (κ2) is 7.39. The van der Waals surface area contributed by atoms with Crippen LogP contribution in [-0.4, -0.2) is 16.1 Å². The van der Waals surface area contributed by atoms with Crippen LogP contribution >= 0.6 is 0 Å². The molecule has 144 valence electrons. The fraction of sp³-hybridized carbons (Fsp3) is 0.0500. The van der Waals surface area contributed by atoms with E-state index in [-0.39, 0.29) is 23.5 Å². The van der Waals surface area contributed by atoms with Crippen LogP contribution in [0.15, 0.2) is 69.9 Å². The molecular formula is C20H12N2O7. The average Bonchev–Trinajstić information content (AvgIpc) is 2.71. The van der Waals surface area contributed by atoms with Crippen molar-refractivity contribution >= 4 is 22.9 Å². The van der Waals surface area contributed by atoms with Gasteiger partial charge in [0.2, 0.25) is 0 Å². The van der Waals surface area contributed by atoms with Gasteiger partial charge in [0, 0.05) is 24.3 Å². The maximum Gasteiger partial charge on any atom is 0.514 e. The van der Waals surface area contributed by atoms with Crippen LogP contribution in [0.4, 0.5) is 10.5 Å². The molecule has 0 saturated carbocycles. The minimum atomic E-state index is -0.946. The molecule has 4 rings (SSSR count). The van der Waals surface area contributed by atoms with E-state index >= 15 is 0 Å². The summed E-state index contributed by atoms with van der Waals surface area (Å²) in [6.45, 7) is -0.104. The molecule has 1 heterocycles. The van der Waals surface area contributed by atoms with Crippen LogP contribution in [0.25, 0.3) is 22.6 Å². The van der Waals surface area contributed by atoms with Crippen molar-refractivity contribution in [2.45, 2.75) is 6.61 Å². The largest absolute Gasteiger partial charge is 0.514 e. The molecule has 0 spiro atoms. The Morgan fingerprint density at radius 3 is 2.62 bits per heavy atom. The van der Waals surface area contributed by atoms with Crippen LogP contribution in [0.5, 0.6) is 5.75 Å². The van der Waals surface area contributed by atoms with E-state index in [1.807, 2.05) is 0 Å². The molecule has 9 heteroatoms. The lowest BCUT2D eigenvalue weighted by molar-refractivity contribution is -0.384. The first-order valence-corrected chi connectivity index (χ1v) is 8.40. The number of benzene rings is 3. The Labute approximate surface area is 162 Å². The van der Waals surface area contributed by atoms with Crippen molar-refractivity contribution in [3.8, 4) is 17.2 Å². The van der Waals surface area contributed by atoms with Gasteiger partial charge in [0.1, 0.15) is 23.6 Å². The number of aromatic nitrogens is 1. The van der Waals surface area contributed by atoms with Gasteiger partial charge in [0.15, 0.2) is 16.8 Å². The molecule has 0 N–H and O–H groups in total. The standard InChI is InChI=1S/C20H12N2O7/c23-14-5-7-16-18(9-14)29-19-10-15(6-8-17(19)21-16)28-20(24)27-11-12-1-3-13(4-2-12)22(25)26/h1-10H,11H2. The lowest BCUT2D eigenvalue weighted by Crippen LogP contribution is -2.10. The van der Waals surface area contributed by atoms with E-state index in [0.29, 0.717) is 28.1 Å². The number of rotatable bonds is 4. The Hall–Kier alpha value is -4.27. The Morgan fingerprint density at radius 2 is 1.86 bits per heavy atom. The summed E-state index contributed by atoms with van der Waals surface area (Å²) in [5.74, 6) is 0.497. The molecule has 0 aromatic heterocycles. The third-order valence-corrected chi connectivity index (χ3v) is 4.03. The van der Waals surface area contributed by atoms with Crippen LogP contribution in [0.3, 0.4) is 0 Å². The third-order valence-electron chi connectivity index (χ3n) is 4.03. The minimum Gasteiger partial charge on any atom is -0.453 e. The normalized spacial score (nSPS) is 10.8. The molecule has 0 atom stereocenters. The highest BCUT2D eigenvalue weighted by Gasteiger charge is 2.12. The first kappa shape index (κ1) is 18.1. The molecule has 2 aromatic carbocycles. The molecule has 2 aromatic rings. The van der Waals surface area contributed by atoms with Crippen molar-refractivity contribution in [3.05, 3.63) is 86.6 Å². The second-order valence-electron chi connectivity index (χ2n) is 6.04. The molecule has 0 fully saturated rings. The van der Waals surface area contributed by atoms with Gasteiger partial charge in [-0.2, -0.15) is 0 Å². The lowest BCUT2D eigenvalue weighted by atomic mass is 10.2. The van der Waals surface area contributed by atoms with E-state index < -0.39 is 11.1 Å². The molecule has 2 aliphatic rings. The van der Waals surface area contributed by atoms with Gasteiger partial charge < -0.3 is 13.9 Å². The van der Waals surface area contributed by atoms with E-state index in [0.717, 1.165) is 0 Å². The molecule has 29 heavy (non-hydrogen) atoms. The fourth-order valence-corrected chi connectivity index (χ4v) is 2.63. The Balaban J connectivity index is 1.46. The molecule has 0 unspecified atom stereocenters. The molecule has 9 nitrogen and oxygen atoms in total. The predicted octanol–water partition coefficient (Wildman–Crippen LogP) is 3.92. The van der Waals surface area contributed by atoms with E-state index in [4.69, 9.17) is 13.9 Å². The number of nitro groups is 1. The smallest absolute Gasteiger partial charge is 0.453 e. The van der Waals surface area contributed by atoms with E-state index in [2.05, 4.69) is 4.98 Å². The Morgan fingerprint density at radius 1 is 1.07 bits per heavy atom. The van der Waals surface area contributed by atoms with E-state index in [1.54, 1.807) is 12.1 Å². The SMILES string of the molecule is O=C(OCc1ccc([N+](=O)[O-])cc1)Oc1ccc2nc3ccc(=O)cc-3oc2c1. The summed E-state index contributed by atoms with van der Waals surface area (Å²) in [5.41, 5.74) is 1.72. The Bertz CT molecular complexity index is 1250. The zero-order valence-corrected chi connectivity index (χ0v) is 14.7. The average molecular weight is 392 g/mol. The van der Waals surface area contributed by atoms with Gasteiger partial charge in [-0.3, -0.25) is 14.9 Å². The number of ether oxygens (including phenoxy) is 2. The van der Waals surface area contributed by atoms with E-state index in [1.165, 1.54) is 48.5 Å². The van der Waals surface area contributed by atoms with Crippen LogP contribution in [-0.2, 0) is 11.3 Å². The summed E-state index contributed by atoms with van der Waals surface area (Å²) in [6.07, 6.45) is -0.946. The molecular weight excluding hydrogens is 380 g/mol. The Kier molecular flexibility index (Phi) is 4.62. The fourth-order valence-electron chi connectivity index (χ4n) is 2.63. The lowest BCUT2D eigenvalue weighted by Gasteiger charge is -2.08. The van der Waals surface area contributed by atoms with Crippen LogP contribution in [0.2, 0.25) is 0 Å². The van der Waals surface area contributed by atoms with Crippen molar-refractivity contribution in [1.29, 1.82) is 0 Å². The number of non-ortho nitro benzene ring substituents is 1. The van der Waals surface area contributed by atoms with Crippen LogP contribution < -0.4 is 10.2 Å². The quantitative estimate of drug-likeness (QED) is 0.168. The highest BCUT2D eigenvalue weighted by Crippen LogP contribution is 2.26. The molecule has 0 saturated heterocycles. The number of hydrogen-bond donors (Lipinski definition) is 0. The number of carbonyl (C=O) groups is 1. The summed E-state index contributed by atoms with van der Waals surface area (Å²) < 4.78 is 15.8. The number of fused-ring (bicyclic) bond motifs is 2. The number of nitro benzene ring substituents is 1. The van der Waals surface area contributed by atoms with Crippen molar-refractivity contribution in [2.75, 3.05) is 0 Å². The van der Waals surface area contributed by atoms with Crippen molar-refractivity contribution < 1.29 is 23.6 Å². The van der Waals surface area contributed by atoms with Gasteiger partial charge >= 0.3 is 6.16 Å². The first-order valence-electron chi connectivity index (χ1n) is 8.40. The molecule has 0 radical (unpaired) electrons. The van der Waals surface area contributed by atoms with Gasteiger partial charge in [0.05, 0.1) is 4.92 Å². The zero-order chi connectivity index (χ0) is 20.4. The maximum absolute atomic E-state index is 11.9. The zero-order valence-electron chi connectivity index (χ0n) is 14.7. The summed E-state index contributed by atoms with van der Waals surface area (Å²) in [5, 5.41) is 10.6. The molecule has 1 aliphatic carbocycles. The molecule has 0 amide bonds. The maximum atomic E-state index is 11.9. The van der Waals surface area contributed by atoms with Crippen molar-refractivity contribution in [3.63, 3.8) is 0 Å². The van der Waals surface area contributed by atoms with Crippen molar-refractivity contribution in [2.24, 2.45) is 0 Å². The monoisotopic (exact) mass is 392 g/mol. The van der Waals surface area contributed by atoms with Gasteiger partial charge in [-0.15, -0.1) is 0 Å². The summed E-state index contributed by atoms with van der Waals surface area (Å²) in [6, 6.07) is 14.5. The molecule has 0 bridgehead atoms. The third kappa shape index (κ3) is 4.03. The molecule has 1 aliphatic heterocycles. The number of carbonyl (C=O) groups excluding carboxylic acids is 1. The van der Waals surface area contributed by atoms with E-state index in [9.17, 15) is 19.7 Å². The van der Waals surface area contributed by atoms with Crippen molar-refractivity contribution in [1.82, 2.24) is 4.98 Å². The first-order chi connectivity index (χ1) is 14.0. The highest BCUT2D eigenvalue weighted by atomic mass is 16.7. The predicted molar refractivity (Wildman–Crippen MR) is 101 cm³/mol. The number of nitrogens with zero attached hydrogens (tertiary/aromatic N) is 2. The van der Waals surface area contributed by atoms with Crippen LogP contribution in [0.1, 0.15) is 5.56 Å². The topological polar surface area (TPSA) is 122 Å². The number of hydrogen-bond acceptors (Lipinski definition) is 8.